The number of aryl methyl sites for hydroxylation is 1. The first-order valence-electron chi connectivity index (χ1n) is 6.13. The van der Waals surface area contributed by atoms with Crippen LogP contribution in [0.15, 0.2) is 10.9 Å². The lowest BCUT2D eigenvalue weighted by Crippen LogP contribution is -2.33. The van der Waals surface area contributed by atoms with E-state index in [9.17, 15) is 4.79 Å². The van der Waals surface area contributed by atoms with E-state index in [2.05, 4.69) is 21.3 Å². The van der Waals surface area contributed by atoms with Crippen LogP contribution in [0.5, 0.6) is 0 Å². The SMILES string of the molecule is Cc1nc(N(CCC#N)C(C)C)cc2n[nH]c(=O)n12. The van der Waals surface area contributed by atoms with E-state index in [1.165, 1.54) is 4.40 Å². The molecule has 0 bridgehead atoms. The molecule has 0 radical (unpaired) electrons. The summed E-state index contributed by atoms with van der Waals surface area (Å²) in [4.78, 5) is 18.0. The molecule has 7 nitrogen and oxygen atoms in total. The van der Waals surface area contributed by atoms with Gasteiger partial charge >= 0.3 is 5.69 Å². The minimum atomic E-state index is -0.292. The fraction of sp³-hybridized carbons (Fsp3) is 0.500. The average Bonchev–Trinajstić information content (AvgIpc) is 2.71. The van der Waals surface area contributed by atoms with Gasteiger partial charge in [0.1, 0.15) is 11.6 Å². The number of H-pyrrole nitrogens is 1. The summed E-state index contributed by atoms with van der Waals surface area (Å²) in [6.45, 7) is 6.44. The lowest BCUT2D eigenvalue weighted by atomic mass is 10.3. The number of aromatic amines is 1. The third-order valence-corrected chi connectivity index (χ3v) is 2.94. The third-order valence-electron chi connectivity index (χ3n) is 2.94. The van der Waals surface area contributed by atoms with Crippen molar-refractivity contribution in [2.24, 2.45) is 0 Å². The fourth-order valence-corrected chi connectivity index (χ4v) is 2.04. The second-order valence-electron chi connectivity index (χ2n) is 4.58. The van der Waals surface area contributed by atoms with Crippen molar-refractivity contribution in [2.75, 3.05) is 11.4 Å². The van der Waals surface area contributed by atoms with Gasteiger partial charge < -0.3 is 4.90 Å². The number of hydrogen-bond donors (Lipinski definition) is 1. The number of aromatic nitrogens is 4. The van der Waals surface area contributed by atoms with Crippen molar-refractivity contribution >= 4 is 11.5 Å². The van der Waals surface area contributed by atoms with Crippen molar-refractivity contribution in [1.82, 2.24) is 19.6 Å². The first kappa shape index (κ1) is 13.1. The number of nitrogens with one attached hydrogen (secondary N) is 1. The molecule has 0 saturated carbocycles. The third kappa shape index (κ3) is 2.42. The molecule has 0 unspecified atom stereocenters. The van der Waals surface area contributed by atoms with Crippen LogP contribution in [0, 0.1) is 18.3 Å². The first-order valence-corrected chi connectivity index (χ1v) is 6.13. The summed E-state index contributed by atoms with van der Waals surface area (Å²) in [5.41, 5.74) is 0.245. The van der Waals surface area contributed by atoms with Crippen LogP contribution in [0.4, 0.5) is 5.82 Å². The topological polar surface area (TPSA) is 90.1 Å². The molecule has 100 valence electrons. The molecule has 0 aliphatic rings. The molecule has 1 N–H and O–H groups in total. The van der Waals surface area contributed by atoms with Crippen LogP contribution in [-0.4, -0.2) is 32.2 Å². The van der Waals surface area contributed by atoms with E-state index in [1.54, 1.807) is 13.0 Å². The van der Waals surface area contributed by atoms with Crippen LogP contribution >= 0.6 is 0 Å². The first-order chi connectivity index (χ1) is 9.04. The number of rotatable bonds is 4. The fourth-order valence-electron chi connectivity index (χ4n) is 2.04. The molecule has 0 fully saturated rings. The van der Waals surface area contributed by atoms with Crippen LogP contribution in [0.25, 0.3) is 5.65 Å². The number of hydrogen-bond acceptors (Lipinski definition) is 5. The summed E-state index contributed by atoms with van der Waals surface area (Å²) in [5.74, 6) is 1.31. The second kappa shape index (κ2) is 5.10. The van der Waals surface area contributed by atoms with Crippen LogP contribution in [0.3, 0.4) is 0 Å². The number of fused-ring (bicyclic) bond motifs is 1. The Bertz CT molecular complexity index is 678. The summed E-state index contributed by atoms with van der Waals surface area (Å²) in [7, 11) is 0. The van der Waals surface area contributed by atoms with Gasteiger partial charge in [-0.1, -0.05) is 0 Å². The van der Waals surface area contributed by atoms with Gasteiger partial charge in [0.15, 0.2) is 5.65 Å². The number of nitriles is 1. The van der Waals surface area contributed by atoms with Crippen LogP contribution < -0.4 is 10.6 Å². The minimum absolute atomic E-state index is 0.216. The molecule has 0 saturated heterocycles. The van der Waals surface area contributed by atoms with Gasteiger partial charge in [-0.25, -0.2) is 19.3 Å². The lowest BCUT2D eigenvalue weighted by molar-refractivity contribution is 0.673. The Labute approximate surface area is 110 Å². The molecular formula is C12H16N6O. The minimum Gasteiger partial charge on any atom is -0.353 e. The van der Waals surface area contributed by atoms with Gasteiger partial charge in [0.2, 0.25) is 0 Å². The average molecular weight is 260 g/mol. The molecule has 2 rings (SSSR count). The van der Waals surface area contributed by atoms with Crippen LogP contribution in [0.2, 0.25) is 0 Å². The highest BCUT2D eigenvalue weighted by Crippen LogP contribution is 2.16. The van der Waals surface area contributed by atoms with Crippen LogP contribution in [0.1, 0.15) is 26.1 Å². The van der Waals surface area contributed by atoms with Crippen molar-refractivity contribution in [3.63, 3.8) is 0 Å². The van der Waals surface area contributed by atoms with Crippen molar-refractivity contribution in [2.45, 2.75) is 33.2 Å². The predicted octanol–water partition coefficient (Wildman–Crippen LogP) is 0.854. The molecule has 0 amide bonds. The molecular weight excluding hydrogens is 244 g/mol. The Kier molecular flexibility index (Phi) is 3.51. The van der Waals surface area contributed by atoms with E-state index in [0.717, 1.165) is 5.82 Å². The van der Waals surface area contributed by atoms with Crippen molar-refractivity contribution in [3.05, 3.63) is 22.4 Å². The van der Waals surface area contributed by atoms with Gasteiger partial charge in [-0.3, -0.25) is 0 Å². The second-order valence-corrected chi connectivity index (χ2v) is 4.58. The Morgan fingerprint density at radius 3 is 2.95 bits per heavy atom. The number of nitrogens with zero attached hydrogens (tertiary/aromatic N) is 5. The molecule has 0 aliphatic carbocycles. The van der Waals surface area contributed by atoms with Gasteiger partial charge in [-0.05, 0) is 20.8 Å². The predicted molar refractivity (Wildman–Crippen MR) is 71.1 cm³/mol. The molecule has 2 heterocycles. The van der Waals surface area contributed by atoms with E-state index in [1.807, 2.05) is 18.7 Å². The van der Waals surface area contributed by atoms with E-state index in [-0.39, 0.29) is 11.7 Å². The van der Waals surface area contributed by atoms with E-state index < -0.39 is 0 Å². The van der Waals surface area contributed by atoms with E-state index in [4.69, 9.17) is 5.26 Å². The van der Waals surface area contributed by atoms with Gasteiger partial charge in [0.25, 0.3) is 0 Å². The summed E-state index contributed by atoms with van der Waals surface area (Å²) in [5, 5.41) is 15.1. The Hall–Kier alpha value is -2.36. The summed E-state index contributed by atoms with van der Waals surface area (Å²) in [6.07, 6.45) is 0.428. The molecule has 0 aliphatic heterocycles. The highest BCUT2D eigenvalue weighted by atomic mass is 16.1. The van der Waals surface area contributed by atoms with Crippen molar-refractivity contribution in [3.8, 4) is 6.07 Å². The van der Waals surface area contributed by atoms with Crippen LogP contribution in [-0.2, 0) is 0 Å². The van der Waals surface area contributed by atoms with E-state index >= 15 is 0 Å². The molecule has 0 aromatic carbocycles. The van der Waals surface area contributed by atoms with E-state index in [0.29, 0.717) is 24.4 Å². The van der Waals surface area contributed by atoms with Crippen molar-refractivity contribution in [1.29, 1.82) is 5.26 Å². The molecule has 0 spiro atoms. The normalized spacial score (nSPS) is 10.9. The maximum Gasteiger partial charge on any atom is 0.349 e. The summed E-state index contributed by atoms with van der Waals surface area (Å²) >= 11 is 0. The summed E-state index contributed by atoms with van der Waals surface area (Å²) in [6, 6.07) is 4.10. The summed E-state index contributed by atoms with van der Waals surface area (Å²) < 4.78 is 1.42. The molecule has 19 heavy (non-hydrogen) atoms. The maximum absolute atomic E-state index is 11.5. The number of anilines is 1. The van der Waals surface area contributed by atoms with Crippen molar-refractivity contribution < 1.29 is 0 Å². The molecule has 2 aromatic rings. The zero-order valence-electron chi connectivity index (χ0n) is 11.2. The lowest BCUT2D eigenvalue weighted by Gasteiger charge is -2.27. The van der Waals surface area contributed by atoms with Gasteiger partial charge in [0, 0.05) is 18.7 Å². The quantitative estimate of drug-likeness (QED) is 0.880. The molecule has 7 heteroatoms. The Balaban J connectivity index is 2.49. The van der Waals surface area contributed by atoms with Gasteiger partial charge in [-0.2, -0.15) is 10.4 Å². The smallest absolute Gasteiger partial charge is 0.349 e. The zero-order chi connectivity index (χ0) is 14.0. The highest BCUT2D eigenvalue weighted by Gasteiger charge is 2.15. The molecule has 2 aromatic heterocycles. The maximum atomic E-state index is 11.5. The largest absolute Gasteiger partial charge is 0.353 e. The monoisotopic (exact) mass is 260 g/mol. The van der Waals surface area contributed by atoms with Gasteiger partial charge in [-0.15, -0.1) is 0 Å². The van der Waals surface area contributed by atoms with Gasteiger partial charge in [0.05, 0.1) is 12.5 Å². The zero-order valence-corrected chi connectivity index (χ0v) is 11.2. The Morgan fingerprint density at radius 1 is 1.58 bits per heavy atom. The molecule has 0 atom stereocenters. The standard InChI is InChI=1S/C12H16N6O/c1-8(2)17(6-4-5-13)10-7-11-15-16-12(19)18(11)9(3)14-10/h7-8H,4,6H2,1-3H3,(H,16,19). The Morgan fingerprint density at radius 2 is 2.32 bits per heavy atom. The highest BCUT2D eigenvalue weighted by molar-refractivity contribution is 5.51.